The monoisotopic (exact) mass is 507 g/mol. The fourth-order valence-electron chi connectivity index (χ4n) is 3.70. The topological polar surface area (TPSA) is 106 Å². The summed E-state index contributed by atoms with van der Waals surface area (Å²) in [5.74, 6) is -0.989. The van der Waals surface area contributed by atoms with Crippen molar-refractivity contribution in [2.45, 2.75) is 64.4 Å². The number of nitriles is 1. The molecule has 7 nitrogen and oxygen atoms in total. The molecule has 0 aliphatic carbocycles. The Balaban J connectivity index is 1.41. The first-order chi connectivity index (χ1) is 18.0. The molecule has 0 fully saturated rings. The van der Waals surface area contributed by atoms with E-state index in [9.17, 15) is 9.59 Å². The maximum atomic E-state index is 11.4. The van der Waals surface area contributed by atoms with Gasteiger partial charge in [-0.15, -0.1) is 0 Å². The second kappa shape index (κ2) is 17.7. The van der Waals surface area contributed by atoms with Gasteiger partial charge < -0.3 is 19.3 Å². The molecule has 0 aromatic heterocycles. The lowest BCUT2D eigenvalue weighted by Gasteiger charge is -2.12. The maximum absolute atomic E-state index is 11.4. The van der Waals surface area contributed by atoms with Gasteiger partial charge in [-0.25, -0.2) is 9.59 Å². The van der Waals surface area contributed by atoms with E-state index in [0.29, 0.717) is 18.8 Å². The van der Waals surface area contributed by atoms with E-state index in [4.69, 9.17) is 24.6 Å². The van der Waals surface area contributed by atoms with Crippen molar-refractivity contribution in [3.63, 3.8) is 0 Å². The molecule has 0 aliphatic rings. The van der Waals surface area contributed by atoms with E-state index in [0.717, 1.165) is 61.3 Å². The van der Waals surface area contributed by atoms with Crippen molar-refractivity contribution in [3.05, 3.63) is 66.2 Å². The van der Waals surface area contributed by atoms with Gasteiger partial charge in [-0.05, 0) is 55.2 Å². The number of esters is 1. The van der Waals surface area contributed by atoms with Crippen LogP contribution in [0, 0.1) is 11.3 Å². The summed E-state index contributed by atoms with van der Waals surface area (Å²) in [6.45, 7) is 3.36. The first kappa shape index (κ1) is 29.6. The molecule has 2 aromatic rings. The van der Waals surface area contributed by atoms with Crippen molar-refractivity contribution in [3.8, 4) is 22.9 Å². The Kier molecular flexibility index (Phi) is 14.2. The zero-order valence-corrected chi connectivity index (χ0v) is 21.6. The molecule has 2 rings (SSSR count). The lowest BCUT2D eigenvalue weighted by molar-refractivity contribution is -0.145. The first-order valence-corrected chi connectivity index (χ1v) is 12.9. The number of benzene rings is 2. The van der Waals surface area contributed by atoms with Crippen molar-refractivity contribution in [2.24, 2.45) is 0 Å². The molecule has 0 bridgehead atoms. The minimum absolute atomic E-state index is 0.302. The number of hydrogen-bond donors (Lipinski definition) is 1. The Bertz CT molecular complexity index is 1010. The zero-order chi connectivity index (χ0) is 26.7. The average molecular weight is 508 g/mol. The summed E-state index contributed by atoms with van der Waals surface area (Å²) in [4.78, 5) is 21.7. The highest BCUT2D eigenvalue weighted by molar-refractivity contribution is 5.90. The van der Waals surface area contributed by atoms with Crippen LogP contribution in [-0.4, -0.2) is 43.0 Å². The summed E-state index contributed by atoms with van der Waals surface area (Å²) in [6, 6.07) is 17.8. The highest BCUT2D eigenvalue weighted by Crippen LogP contribution is 2.23. The number of carbonyl (C=O) groups is 2. The molecule has 0 heterocycles. The predicted octanol–water partition coefficient (Wildman–Crippen LogP) is 6.31. The first-order valence-electron chi connectivity index (χ1n) is 12.9. The summed E-state index contributed by atoms with van der Waals surface area (Å²) in [5.41, 5.74) is 2.85. The number of rotatable bonds is 18. The van der Waals surface area contributed by atoms with Gasteiger partial charge in [-0.3, -0.25) is 0 Å². The summed E-state index contributed by atoms with van der Waals surface area (Å²) in [6.07, 6.45) is 10.3. The van der Waals surface area contributed by atoms with E-state index in [1.54, 1.807) is 6.92 Å². The van der Waals surface area contributed by atoms with Crippen LogP contribution in [0.3, 0.4) is 0 Å². The second-order valence-corrected chi connectivity index (χ2v) is 8.88. The number of ether oxygens (including phenoxy) is 3. The Labute approximate surface area is 219 Å². The number of carboxylic acids is 1. The predicted molar refractivity (Wildman–Crippen MR) is 142 cm³/mol. The van der Waals surface area contributed by atoms with Crippen molar-refractivity contribution < 1.29 is 28.9 Å². The van der Waals surface area contributed by atoms with Crippen LogP contribution in [0.2, 0.25) is 0 Å². The van der Waals surface area contributed by atoms with Crippen LogP contribution in [0.1, 0.15) is 63.9 Å². The second-order valence-electron chi connectivity index (χ2n) is 8.88. The lowest BCUT2D eigenvalue weighted by atomic mass is 10.0. The minimum Gasteiger partial charge on any atom is -0.494 e. The Morgan fingerprint density at radius 2 is 1.38 bits per heavy atom. The van der Waals surface area contributed by atoms with E-state index in [1.807, 2.05) is 48.5 Å². The van der Waals surface area contributed by atoms with Gasteiger partial charge in [0.25, 0.3) is 0 Å². The number of nitrogens with zero attached hydrogens (tertiary/aromatic N) is 1. The lowest BCUT2D eigenvalue weighted by Crippen LogP contribution is -2.19. The summed E-state index contributed by atoms with van der Waals surface area (Å²) in [5, 5.41) is 17.4. The fourth-order valence-corrected chi connectivity index (χ4v) is 3.70. The van der Waals surface area contributed by atoms with Crippen molar-refractivity contribution in [2.75, 3.05) is 19.8 Å². The third kappa shape index (κ3) is 13.3. The zero-order valence-electron chi connectivity index (χ0n) is 21.6. The molecule has 0 saturated carbocycles. The SMILES string of the molecule is C[C@@H](COCCCCCCCCCCOc1ccc(-c2ccc(C#N)cc2)cc1)OC(=O)/C=C/C(=O)O. The molecule has 7 heteroatoms. The largest absolute Gasteiger partial charge is 0.494 e. The number of aliphatic carboxylic acids is 1. The van der Waals surface area contributed by atoms with Crippen molar-refractivity contribution >= 4 is 11.9 Å². The molecule has 37 heavy (non-hydrogen) atoms. The number of carboxylic acid groups (broad SMARTS) is 1. The summed E-state index contributed by atoms with van der Waals surface area (Å²) >= 11 is 0. The minimum atomic E-state index is -1.19. The van der Waals surface area contributed by atoms with E-state index in [2.05, 4.69) is 6.07 Å². The van der Waals surface area contributed by atoms with Gasteiger partial charge in [0.2, 0.25) is 0 Å². The van der Waals surface area contributed by atoms with Gasteiger partial charge in [0, 0.05) is 18.8 Å². The van der Waals surface area contributed by atoms with Gasteiger partial charge in [0.05, 0.1) is 24.8 Å². The third-order valence-corrected chi connectivity index (χ3v) is 5.69. The summed E-state index contributed by atoms with van der Waals surface area (Å²) < 4.78 is 16.4. The van der Waals surface area contributed by atoms with E-state index in [1.165, 1.54) is 25.7 Å². The van der Waals surface area contributed by atoms with Gasteiger partial charge in [0.15, 0.2) is 0 Å². The molecule has 0 radical (unpaired) electrons. The van der Waals surface area contributed by atoms with Crippen molar-refractivity contribution in [1.82, 2.24) is 0 Å². The highest BCUT2D eigenvalue weighted by atomic mass is 16.6. The van der Waals surface area contributed by atoms with Crippen LogP contribution >= 0.6 is 0 Å². The molecule has 1 atom stereocenters. The van der Waals surface area contributed by atoms with Crippen LogP contribution in [0.5, 0.6) is 5.75 Å². The van der Waals surface area contributed by atoms with Gasteiger partial charge in [0.1, 0.15) is 11.9 Å². The number of carbonyl (C=O) groups excluding carboxylic acids is 1. The normalized spacial score (nSPS) is 11.7. The fraction of sp³-hybridized carbons (Fsp3) is 0.433. The van der Waals surface area contributed by atoms with Crippen LogP contribution in [0.4, 0.5) is 0 Å². The third-order valence-electron chi connectivity index (χ3n) is 5.69. The Hall–Kier alpha value is -3.63. The molecule has 0 amide bonds. The highest BCUT2D eigenvalue weighted by Gasteiger charge is 2.07. The Morgan fingerprint density at radius 3 is 1.95 bits per heavy atom. The molecule has 198 valence electrons. The van der Waals surface area contributed by atoms with Crippen LogP contribution in [0.15, 0.2) is 60.7 Å². The molecule has 0 saturated heterocycles. The molecule has 1 N–H and O–H groups in total. The molecule has 0 unspecified atom stereocenters. The van der Waals surface area contributed by atoms with Gasteiger partial charge in [-0.2, -0.15) is 5.26 Å². The molecular weight excluding hydrogens is 470 g/mol. The van der Waals surface area contributed by atoms with Gasteiger partial charge in [-0.1, -0.05) is 62.8 Å². The molecule has 0 spiro atoms. The number of unbranched alkanes of at least 4 members (excludes halogenated alkanes) is 7. The van der Waals surface area contributed by atoms with Crippen LogP contribution in [0.25, 0.3) is 11.1 Å². The van der Waals surface area contributed by atoms with Crippen molar-refractivity contribution in [1.29, 1.82) is 5.26 Å². The van der Waals surface area contributed by atoms with Gasteiger partial charge >= 0.3 is 11.9 Å². The van der Waals surface area contributed by atoms with Crippen LogP contribution < -0.4 is 4.74 Å². The Morgan fingerprint density at radius 1 is 0.838 bits per heavy atom. The molecule has 0 aliphatic heterocycles. The number of hydrogen-bond acceptors (Lipinski definition) is 6. The quantitative estimate of drug-likeness (QED) is 0.143. The van der Waals surface area contributed by atoms with E-state index < -0.39 is 18.0 Å². The maximum Gasteiger partial charge on any atom is 0.331 e. The summed E-state index contributed by atoms with van der Waals surface area (Å²) in [7, 11) is 0. The average Bonchev–Trinajstić information content (AvgIpc) is 2.90. The molecular formula is C30H37NO6. The molecule has 2 aromatic carbocycles. The van der Waals surface area contributed by atoms with E-state index in [-0.39, 0.29) is 0 Å². The van der Waals surface area contributed by atoms with E-state index >= 15 is 0 Å². The smallest absolute Gasteiger partial charge is 0.331 e. The van der Waals surface area contributed by atoms with Crippen LogP contribution in [-0.2, 0) is 19.1 Å². The standard InChI is InChI=1S/C30H37NO6/c1-24(37-30(34)19-18-29(32)33)23-35-20-8-6-4-2-3-5-7-9-21-36-28-16-14-27(15-17-28)26-12-10-25(22-31)11-13-26/h10-19,24H,2-9,20-21,23H2,1H3,(H,32,33)/b19-18+/t24-/m0/s1.